The van der Waals surface area contributed by atoms with Gasteiger partial charge < -0.3 is 21.1 Å². The van der Waals surface area contributed by atoms with E-state index in [-0.39, 0.29) is 17.2 Å². The molecule has 3 aromatic rings. The molecule has 0 aromatic carbocycles. The number of anilines is 1. The number of H-pyrrole nitrogens is 1. The van der Waals surface area contributed by atoms with Crippen LogP contribution in [0.3, 0.4) is 0 Å². The van der Waals surface area contributed by atoms with Crippen molar-refractivity contribution in [3.63, 3.8) is 0 Å². The summed E-state index contributed by atoms with van der Waals surface area (Å²) in [6.45, 7) is 6.73. The molecule has 0 radical (unpaired) electrons. The van der Waals surface area contributed by atoms with Gasteiger partial charge in [0.1, 0.15) is 5.69 Å². The van der Waals surface area contributed by atoms with E-state index >= 15 is 0 Å². The second-order valence-electron chi connectivity index (χ2n) is 8.46. The molecule has 3 aromatic heterocycles. The number of carboxylic acid groups (broad SMARTS) is 1. The van der Waals surface area contributed by atoms with Crippen LogP contribution in [0.15, 0.2) is 30.7 Å². The first-order chi connectivity index (χ1) is 13.7. The largest absolute Gasteiger partial charge is 0.477 e. The number of aromatic nitrogens is 3. The van der Waals surface area contributed by atoms with Gasteiger partial charge in [-0.2, -0.15) is 5.10 Å². The van der Waals surface area contributed by atoms with Crippen LogP contribution in [-0.2, 0) is 0 Å². The Labute approximate surface area is 168 Å². The van der Waals surface area contributed by atoms with Crippen molar-refractivity contribution in [1.82, 2.24) is 14.6 Å². The molecular formula is C21H25N5O3. The summed E-state index contributed by atoms with van der Waals surface area (Å²) in [5.41, 5.74) is 9.08. The van der Waals surface area contributed by atoms with Gasteiger partial charge in [0.25, 0.3) is 5.91 Å². The van der Waals surface area contributed by atoms with Crippen LogP contribution in [0.4, 0.5) is 5.69 Å². The molecule has 0 spiro atoms. The lowest BCUT2D eigenvalue weighted by Crippen LogP contribution is -2.35. The molecule has 1 aliphatic rings. The highest BCUT2D eigenvalue weighted by molar-refractivity contribution is 6.02. The summed E-state index contributed by atoms with van der Waals surface area (Å²) >= 11 is 0. The van der Waals surface area contributed by atoms with E-state index in [4.69, 9.17) is 10.8 Å². The Morgan fingerprint density at radius 2 is 2.07 bits per heavy atom. The molecule has 2 atom stereocenters. The summed E-state index contributed by atoms with van der Waals surface area (Å²) in [4.78, 5) is 26.0. The molecule has 0 aliphatic heterocycles. The van der Waals surface area contributed by atoms with Gasteiger partial charge in [-0.25, -0.2) is 9.31 Å². The number of aromatic amines is 1. The Morgan fingerprint density at radius 1 is 1.31 bits per heavy atom. The maximum absolute atomic E-state index is 12.1. The summed E-state index contributed by atoms with van der Waals surface area (Å²) in [5, 5.41) is 17.1. The van der Waals surface area contributed by atoms with Crippen molar-refractivity contribution in [3.05, 3.63) is 42.0 Å². The number of nitrogens with zero attached hydrogens (tertiary/aromatic N) is 2. The van der Waals surface area contributed by atoms with Gasteiger partial charge in [0.2, 0.25) is 0 Å². The summed E-state index contributed by atoms with van der Waals surface area (Å²) in [5.74, 6) is -0.996. The second-order valence-corrected chi connectivity index (χ2v) is 8.46. The zero-order chi connectivity index (χ0) is 20.9. The lowest BCUT2D eigenvalue weighted by molar-refractivity contribution is 0.0691. The molecule has 1 fully saturated rings. The maximum atomic E-state index is 12.1. The molecule has 3 heterocycles. The van der Waals surface area contributed by atoms with Crippen LogP contribution in [0.25, 0.3) is 16.6 Å². The Morgan fingerprint density at radius 3 is 2.66 bits per heavy atom. The van der Waals surface area contributed by atoms with Crippen molar-refractivity contribution in [1.29, 1.82) is 0 Å². The van der Waals surface area contributed by atoms with Crippen molar-refractivity contribution in [2.45, 2.75) is 39.7 Å². The van der Waals surface area contributed by atoms with E-state index in [0.29, 0.717) is 17.2 Å². The number of carboxylic acids is 1. The van der Waals surface area contributed by atoms with Crippen LogP contribution in [0.5, 0.6) is 0 Å². The number of hydrogen-bond acceptors (Lipinski definition) is 4. The zero-order valence-electron chi connectivity index (χ0n) is 16.7. The van der Waals surface area contributed by atoms with E-state index in [0.717, 1.165) is 29.5 Å². The van der Waals surface area contributed by atoms with Crippen LogP contribution >= 0.6 is 0 Å². The third-order valence-electron chi connectivity index (χ3n) is 6.52. The molecule has 152 valence electrons. The predicted octanol–water partition coefficient (Wildman–Crippen LogP) is 3.36. The number of rotatable bonds is 5. The highest BCUT2D eigenvalue weighted by atomic mass is 16.4. The molecule has 5 N–H and O–H groups in total. The van der Waals surface area contributed by atoms with Crippen LogP contribution in [0, 0.1) is 11.3 Å². The quantitative estimate of drug-likeness (QED) is 0.527. The number of nitrogens with one attached hydrogen (secondary N) is 2. The number of fused-ring (bicyclic) bond motifs is 1. The van der Waals surface area contributed by atoms with Crippen LogP contribution in [-0.4, -0.2) is 37.6 Å². The van der Waals surface area contributed by atoms with E-state index in [1.807, 2.05) is 12.3 Å². The van der Waals surface area contributed by atoms with E-state index in [1.165, 1.54) is 6.20 Å². The molecule has 29 heavy (non-hydrogen) atoms. The monoisotopic (exact) mass is 395 g/mol. The Kier molecular flexibility index (Phi) is 4.37. The molecular weight excluding hydrogens is 370 g/mol. The summed E-state index contributed by atoms with van der Waals surface area (Å²) < 4.78 is 1.68. The fraction of sp³-hybridized carbons (Fsp3) is 0.381. The molecule has 4 rings (SSSR count). The lowest BCUT2D eigenvalue weighted by Gasteiger charge is -2.33. The molecule has 1 unspecified atom stereocenters. The number of nitrogens with two attached hydrogens (primary N) is 1. The first-order valence-corrected chi connectivity index (χ1v) is 9.68. The van der Waals surface area contributed by atoms with Gasteiger partial charge in [-0.05, 0) is 36.3 Å². The highest BCUT2D eigenvalue weighted by Crippen LogP contribution is 2.44. The van der Waals surface area contributed by atoms with E-state index in [2.05, 4.69) is 36.2 Å². The van der Waals surface area contributed by atoms with Gasteiger partial charge in [0, 0.05) is 29.6 Å². The molecule has 0 bridgehead atoms. The van der Waals surface area contributed by atoms with Crippen molar-refractivity contribution < 1.29 is 14.7 Å². The van der Waals surface area contributed by atoms with Gasteiger partial charge in [0.15, 0.2) is 0 Å². The van der Waals surface area contributed by atoms with Crippen LogP contribution in [0.1, 0.15) is 54.5 Å². The van der Waals surface area contributed by atoms with Crippen LogP contribution < -0.4 is 11.1 Å². The van der Waals surface area contributed by atoms with Crippen molar-refractivity contribution >= 4 is 23.1 Å². The minimum Gasteiger partial charge on any atom is -0.477 e. The summed E-state index contributed by atoms with van der Waals surface area (Å²) in [6, 6.07) is 3.66. The molecule has 1 saturated carbocycles. The van der Waals surface area contributed by atoms with E-state index in [9.17, 15) is 9.59 Å². The average Bonchev–Trinajstić information content (AvgIpc) is 3.35. The first-order valence-electron chi connectivity index (χ1n) is 9.68. The lowest BCUT2D eigenvalue weighted by atomic mass is 9.80. The Bertz CT molecular complexity index is 1110. The Balaban J connectivity index is 1.80. The fourth-order valence-corrected chi connectivity index (χ4v) is 4.17. The van der Waals surface area contributed by atoms with Crippen LogP contribution in [0.2, 0.25) is 0 Å². The van der Waals surface area contributed by atoms with E-state index < -0.39 is 11.9 Å². The normalized spacial score (nSPS) is 20.8. The fourth-order valence-electron chi connectivity index (χ4n) is 4.17. The van der Waals surface area contributed by atoms with Gasteiger partial charge >= 0.3 is 5.97 Å². The van der Waals surface area contributed by atoms with Gasteiger partial charge in [-0.1, -0.05) is 20.8 Å². The predicted molar refractivity (Wildman–Crippen MR) is 110 cm³/mol. The number of carbonyl (C=O) groups is 2. The molecule has 1 aliphatic carbocycles. The van der Waals surface area contributed by atoms with E-state index in [1.54, 1.807) is 16.8 Å². The number of primary amides is 1. The molecule has 0 saturated heterocycles. The van der Waals surface area contributed by atoms with Crippen molar-refractivity contribution in [2.75, 3.05) is 5.32 Å². The smallest absolute Gasteiger partial charge is 0.352 e. The number of aromatic carboxylic acids is 1. The minimum absolute atomic E-state index is 0.0711. The third kappa shape index (κ3) is 3.14. The number of amides is 1. The van der Waals surface area contributed by atoms with Gasteiger partial charge in [-0.3, -0.25) is 4.79 Å². The Hall–Kier alpha value is -3.29. The zero-order valence-corrected chi connectivity index (χ0v) is 16.7. The summed E-state index contributed by atoms with van der Waals surface area (Å²) in [6.07, 6.45) is 7.05. The second kappa shape index (κ2) is 6.65. The number of hydrogen-bond donors (Lipinski definition) is 4. The highest BCUT2D eigenvalue weighted by Gasteiger charge is 2.41. The molecule has 8 nitrogen and oxygen atoms in total. The standard InChI is InChI=1S/C21H25N5O3/c1-11-4-5-17(21(11,2)3)25-18-14(19(22)27)9-24-26-10-13(7-16(18)26)12-6-15(20(28)29)23-8-12/h6-11,17,23,25H,4-5H2,1-3H3,(H2,22,27)(H,28,29)/t11?,17-/m1/s1. The van der Waals surface area contributed by atoms with Crippen molar-refractivity contribution in [3.8, 4) is 11.1 Å². The van der Waals surface area contributed by atoms with Gasteiger partial charge in [0.05, 0.1) is 23.0 Å². The average molecular weight is 395 g/mol. The molecule has 1 amide bonds. The topological polar surface area (TPSA) is 126 Å². The molecule has 8 heteroatoms. The number of carbonyl (C=O) groups excluding carboxylic acids is 1. The summed E-state index contributed by atoms with van der Waals surface area (Å²) in [7, 11) is 0. The van der Waals surface area contributed by atoms with Gasteiger partial charge in [-0.15, -0.1) is 0 Å². The SMILES string of the molecule is CC1CC[C@@H](Nc2c(C(N)=O)cnn3cc(-c4c[nH]c(C(=O)O)c4)cc23)C1(C)C. The minimum atomic E-state index is -1.02. The van der Waals surface area contributed by atoms with Crippen molar-refractivity contribution in [2.24, 2.45) is 17.1 Å². The third-order valence-corrected chi connectivity index (χ3v) is 6.52. The first kappa shape index (κ1) is 19.0. The maximum Gasteiger partial charge on any atom is 0.352 e.